The summed E-state index contributed by atoms with van der Waals surface area (Å²) in [5.74, 6) is -0.473. The number of esters is 2. The van der Waals surface area contributed by atoms with Crippen LogP contribution in [0.4, 0.5) is 0 Å². The van der Waals surface area contributed by atoms with Crippen LogP contribution in [0.5, 0.6) is 0 Å². The zero-order valence-electron chi connectivity index (χ0n) is 13.5. The summed E-state index contributed by atoms with van der Waals surface area (Å²) in [5.41, 5.74) is 0.711. The van der Waals surface area contributed by atoms with E-state index < -0.39 is 11.9 Å². The first-order valence-corrected chi connectivity index (χ1v) is 7.65. The van der Waals surface area contributed by atoms with Gasteiger partial charge in [-0.2, -0.15) is 5.26 Å². The molecule has 0 atom stereocenters. The monoisotopic (exact) mass is 359 g/mol. The number of hydrogen-bond acceptors (Lipinski definition) is 6. The lowest BCUT2D eigenvalue weighted by Gasteiger charge is -2.04. The van der Waals surface area contributed by atoms with Gasteiger partial charge in [0.2, 0.25) is 0 Å². The normalized spacial score (nSPS) is 10.9. The number of benzene rings is 1. The summed E-state index contributed by atoms with van der Waals surface area (Å²) in [5, 5.41) is 9.25. The largest absolute Gasteiger partial charge is 0.465 e. The average Bonchev–Trinajstić information content (AvgIpc) is 3.07. The molecule has 0 saturated heterocycles. The van der Waals surface area contributed by atoms with Crippen LogP contribution in [0.2, 0.25) is 5.02 Å². The van der Waals surface area contributed by atoms with E-state index in [0.717, 1.165) is 0 Å². The first-order valence-electron chi connectivity index (χ1n) is 7.27. The van der Waals surface area contributed by atoms with Crippen LogP contribution in [0.25, 0.3) is 17.4 Å². The van der Waals surface area contributed by atoms with Crippen molar-refractivity contribution in [1.82, 2.24) is 0 Å². The second kappa shape index (κ2) is 8.18. The predicted molar refractivity (Wildman–Crippen MR) is 90.7 cm³/mol. The molecule has 2 rings (SSSR count). The van der Waals surface area contributed by atoms with Crippen LogP contribution in [-0.2, 0) is 14.3 Å². The zero-order chi connectivity index (χ0) is 18.4. The van der Waals surface area contributed by atoms with Gasteiger partial charge in [-0.05, 0) is 31.2 Å². The van der Waals surface area contributed by atoms with E-state index in [0.29, 0.717) is 17.1 Å². The summed E-state index contributed by atoms with van der Waals surface area (Å²) in [6.45, 7) is 1.83. The molecule has 25 heavy (non-hydrogen) atoms. The number of nitriles is 1. The van der Waals surface area contributed by atoms with E-state index in [1.165, 1.54) is 19.3 Å². The molecule has 0 unspecified atom stereocenters. The number of rotatable bonds is 5. The summed E-state index contributed by atoms with van der Waals surface area (Å²) in [6, 6.07) is 9.79. The van der Waals surface area contributed by atoms with Crippen molar-refractivity contribution in [1.29, 1.82) is 5.26 Å². The highest BCUT2D eigenvalue weighted by molar-refractivity contribution is 6.33. The van der Waals surface area contributed by atoms with E-state index in [-0.39, 0.29) is 22.8 Å². The Bertz CT molecular complexity index is 876. The van der Waals surface area contributed by atoms with Crippen LogP contribution in [0, 0.1) is 11.3 Å². The van der Waals surface area contributed by atoms with E-state index in [2.05, 4.69) is 4.74 Å². The molecule has 0 saturated carbocycles. The van der Waals surface area contributed by atoms with E-state index in [4.69, 9.17) is 26.0 Å². The van der Waals surface area contributed by atoms with Crippen molar-refractivity contribution in [2.45, 2.75) is 6.92 Å². The number of carbonyl (C=O) groups excluding carboxylic acids is 2. The minimum absolute atomic E-state index is 0.165. The van der Waals surface area contributed by atoms with Crippen molar-refractivity contribution in [3.05, 3.63) is 52.3 Å². The molecule has 0 bridgehead atoms. The molecule has 0 radical (unpaired) electrons. The number of methoxy groups -OCH3 is 1. The third kappa shape index (κ3) is 4.28. The fourth-order valence-corrected chi connectivity index (χ4v) is 2.28. The molecule has 7 heteroatoms. The SMILES string of the molecule is CCOC(=O)/C(C#N)=C/c1ccc(-c2ccc(C(=O)OC)c(Cl)c2)o1. The Labute approximate surface area is 149 Å². The van der Waals surface area contributed by atoms with Gasteiger partial charge in [0.05, 0.1) is 24.3 Å². The number of nitrogens with zero attached hydrogens (tertiary/aromatic N) is 1. The van der Waals surface area contributed by atoms with Gasteiger partial charge >= 0.3 is 11.9 Å². The quantitative estimate of drug-likeness (QED) is 0.457. The van der Waals surface area contributed by atoms with Gasteiger partial charge in [0, 0.05) is 11.6 Å². The molecule has 2 aromatic rings. The summed E-state index contributed by atoms with van der Waals surface area (Å²) >= 11 is 6.08. The fraction of sp³-hybridized carbons (Fsp3) is 0.167. The van der Waals surface area contributed by atoms with Crippen LogP contribution in [-0.4, -0.2) is 25.7 Å². The Kier molecular flexibility index (Phi) is 5.98. The lowest BCUT2D eigenvalue weighted by Crippen LogP contribution is -2.05. The first-order chi connectivity index (χ1) is 12.0. The van der Waals surface area contributed by atoms with Gasteiger partial charge in [0.15, 0.2) is 0 Å². The molecule has 0 fully saturated rings. The van der Waals surface area contributed by atoms with Gasteiger partial charge < -0.3 is 13.9 Å². The fourth-order valence-electron chi connectivity index (χ4n) is 2.02. The Morgan fingerprint density at radius 3 is 2.68 bits per heavy atom. The first kappa shape index (κ1) is 18.3. The Balaban J connectivity index is 2.30. The molecular formula is C18H14ClNO5. The smallest absolute Gasteiger partial charge is 0.349 e. The molecule has 6 nitrogen and oxygen atoms in total. The summed E-state index contributed by atoms with van der Waals surface area (Å²) in [6.07, 6.45) is 1.30. The second-order valence-corrected chi connectivity index (χ2v) is 5.19. The Hall–Kier alpha value is -3.04. The molecule has 1 aromatic heterocycles. The highest BCUT2D eigenvalue weighted by Gasteiger charge is 2.14. The molecule has 0 aliphatic heterocycles. The molecule has 1 aromatic carbocycles. The van der Waals surface area contributed by atoms with E-state index >= 15 is 0 Å². The lowest BCUT2D eigenvalue weighted by molar-refractivity contribution is -0.137. The Morgan fingerprint density at radius 1 is 1.32 bits per heavy atom. The van der Waals surface area contributed by atoms with Gasteiger partial charge in [-0.1, -0.05) is 17.7 Å². The molecule has 0 aliphatic carbocycles. The van der Waals surface area contributed by atoms with E-state index in [1.54, 1.807) is 37.3 Å². The highest BCUT2D eigenvalue weighted by atomic mass is 35.5. The van der Waals surface area contributed by atoms with Crippen LogP contribution < -0.4 is 0 Å². The zero-order valence-corrected chi connectivity index (χ0v) is 14.3. The van der Waals surface area contributed by atoms with Crippen LogP contribution >= 0.6 is 11.6 Å². The average molecular weight is 360 g/mol. The van der Waals surface area contributed by atoms with Crippen molar-refractivity contribution in [2.75, 3.05) is 13.7 Å². The summed E-state index contributed by atoms with van der Waals surface area (Å²) in [7, 11) is 1.27. The predicted octanol–water partition coefficient (Wildman–Crippen LogP) is 3.86. The third-order valence-electron chi connectivity index (χ3n) is 3.19. The number of halogens is 1. The van der Waals surface area contributed by atoms with Crippen LogP contribution in [0.3, 0.4) is 0 Å². The summed E-state index contributed by atoms with van der Waals surface area (Å²) in [4.78, 5) is 23.2. The van der Waals surface area contributed by atoms with Crippen molar-refractivity contribution < 1.29 is 23.5 Å². The maximum absolute atomic E-state index is 11.6. The van der Waals surface area contributed by atoms with Gasteiger partial charge in [-0.3, -0.25) is 0 Å². The molecule has 0 amide bonds. The number of hydrogen-bond donors (Lipinski definition) is 0. The van der Waals surface area contributed by atoms with Crippen molar-refractivity contribution >= 4 is 29.6 Å². The molecule has 128 valence electrons. The van der Waals surface area contributed by atoms with Gasteiger partial charge in [0.1, 0.15) is 23.2 Å². The number of ether oxygens (including phenoxy) is 2. The van der Waals surface area contributed by atoms with Gasteiger partial charge in [-0.15, -0.1) is 0 Å². The van der Waals surface area contributed by atoms with Crippen LogP contribution in [0.15, 0.2) is 40.3 Å². The lowest BCUT2D eigenvalue weighted by atomic mass is 10.1. The number of carbonyl (C=O) groups is 2. The molecule has 1 heterocycles. The topological polar surface area (TPSA) is 89.5 Å². The van der Waals surface area contributed by atoms with Crippen molar-refractivity contribution in [3.63, 3.8) is 0 Å². The van der Waals surface area contributed by atoms with Crippen molar-refractivity contribution in [2.24, 2.45) is 0 Å². The maximum Gasteiger partial charge on any atom is 0.349 e. The third-order valence-corrected chi connectivity index (χ3v) is 3.50. The molecular weight excluding hydrogens is 346 g/mol. The van der Waals surface area contributed by atoms with Crippen molar-refractivity contribution in [3.8, 4) is 17.4 Å². The van der Waals surface area contributed by atoms with E-state index in [1.807, 2.05) is 0 Å². The minimum atomic E-state index is -0.714. The maximum atomic E-state index is 11.6. The number of furan rings is 1. The van der Waals surface area contributed by atoms with E-state index in [9.17, 15) is 9.59 Å². The molecule has 0 spiro atoms. The standard InChI is InChI=1S/C18H14ClNO5/c1-3-24-17(21)12(10-20)8-13-5-7-16(25-13)11-4-6-14(15(19)9-11)18(22)23-2/h4-9H,3H2,1-2H3/b12-8+. The summed E-state index contributed by atoms with van der Waals surface area (Å²) < 4.78 is 15.0. The second-order valence-electron chi connectivity index (χ2n) is 4.78. The van der Waals surface area contributed by atoms with Gasteiger partial charge in [0.25, 0.3) is 0 Å². The van der Waals surface area contributed by atoms with Gasteiger partial charge in [-0.25, -0.2) is 9.59 Å². The molecule has 0 aliphatic rings. The highest BCUT2D eigenvalue weighted by Crippen LogP contribution is 2.28. The Morgan fingerprint density at radius 2 is 2.08 bits per heavy atom. The van der Waals surface area contributed by atoms with Crippen LogP contribution in [0.1, 0.15) is 23.0 Å². The minimum Gasteiger partial charge on any atom is -0.465 e. The molecule has 0 N–H and O–H groups in total.